The first-order valence-electron chi connectivity index (χ1n) is 11.9. The predicted molar refractivity (Wildman–Crippen MR) is 135 cm³/mol. The topological polar surface area (TPSA) is 102 Å². The molecule has 1 N–H and O–H groups in total. The van der Waals surface area contributed by atoms with E-state index in [0.717, 1.165) is 24.9 Å². The number of fused-ring (bicyclic) bond motifs is 4. The molecule has 3 aliphatic heterocycles. The quantitative estimate of drug-likeness (QED) is 0.444. The summed E-state index contributed by atoms with van der Waals surface area (Å²) in [5, 5.41) is 16.0. The molecule has 0 unspecified atom stereocenters. The number of aryl methyl sites for hydroxylation is 1. The lowest BCUT2D eigenvalue weighted by Gasteiger charge is -2.31. The van der Waals surface area contributed by atoms with E-state index in [1.54, 1.807) is 11.6 Å². The molecule has 194 valence electrons. The molecule has 3 aromatic heterocycles. The number of hydrogen-bond acceptors (Lipinski definition) is 9. The molecule has 6 heterocycles. The van der Waals surface area contributed by atoms with Crippen LogP contribution < -0.4 is 9.64 Å². The van der Waals surface area contributed by atoms with Gasteiger partial charge in [0, 0.05) is 25.7 Å². The number of aliphatic hydroxyl groups is 1. The van der Waals surface area contributed by atoms with E-state index in [2.05, 4.69) is 37.6 Å². The molecule has 0 aromatic carbocycles. The maximum Gasteiger partial charge on any atom is 0.321 e. The highest BCUT2D eigenvalue weighted by Gasteiger charge is 2.48. The minimum Gasteiger partial charge on any atom is -0.461 e. The van der Waals surface area contributed by atoms with E-state index in [-0.39, 0.29) is 37.8 Å². The largest absolute Gasteiger partial charge is 0.461 e. The molecule has 0 spiro atoms. The highest BCUT2D eigenvalue weighted by Crippen LogP contribution is 2.43. The number of nitrogens with zero attached hydrogens (tertiary/aromatic N) is 6. The highest BCUT2D eigenvalue weighted by atomic mass is 127. The Labute approximate surface area is 219 Å². The van der Waals surface area contributed by atoms with E-state index in [9.17, 15) is 13.9 Å². The minimum atomic E-state index is -1.59. The van der Waals surface area contributed by atoms with Gasteiger partial charge in [0.2, 0.25) is 5.71 Å². The summed E-state index contributed by atoms with van der Waals surface area (Å²) in [5.41, 5.74) is 0.327. The molecule has 3 aliphatic rings. The Hall–Kier alpha value is -2.10. The first-order chi connectivity index (χ1) is 17.2. The average molecular weight is 616 g/mol. The fraction of sp³-hybridized carbons (Fsp3) is 0.609. The molecule has 10 nitrogen and oxygen atoms in total. The van der Waals surface area contributed by atoms with Crippen LogP contribution in [0.15, 0.2) is 16.1 Å². The van der Waals surface area contributed by atoms with Crippen LogP contribution in [0.5, 0.6) is 6.01 Å². The van der Waals surface area contributed by atoms with E-state index >= 15 is 0 Å². The number of ether oxygens (including phenoxy) is 2. The fourth-order valence-corrected chi connectivity index (χ4v) is 6.46. The van der Waals surface area contributed by atoms with Crippen molar-refractivity contribution >= 4 is 50.6 Å². The van der Waals surface area contributed by atoms with Gasteiger partial charge in [0.15, 0.2) is 9.28 Å². The Morgan fingerprint density at radius 2 is 2.11 bits per heavy atom. The molecule has 36 heavy (non-hydrogen) atoms. The molecule has 0 aliphatic carbocycles. The van der Waals surface area contributed by atoms with Gasteiger partial charge in [-0.1, -0.05) is 0 Å². The molecular weight excluding hydrogens is 589 g/mol. The Morgan fingerprint density at radius 1 is 1.28 bits per heavy atom. The van der Waals surface area contributed by atoms with E-state index < -0.39 is 17.2 Å². The van der Waals surface area contributed by atoms with Crippen molar-refractivity contribution in [1.29, 1.82) is 0 Å². The molecular formula is C23H27F2IN6O4. The first kappa shape index (κ1) is 24.2. The van der Waals surface area contributed by atoms with Crippen LogP contribution in [-0.4, -0.2) is 86.9 Å². The second kappa shape index (κ2) is 8.74. The van der Waals surface area contributed by atoms with Gasteiger partial charge in [0.1, 0.15) is 28.9 Å². The van der Waals surface area contributed by atoms with Crippen LogP contribution in [0.1, 0.15) is 26.2 Å². The predicted octanol–water partition coefficient (Wildman–Crippen LogP) is 3.07. The lowest BCUT2D eigenvalue weighted by molar-refractivity contribution is -0.0123. The Balaban J connectivity index is 1.41. The lowest BCUT2D eigenvalue weighted by atomic mass is 9.94. The van der Waals surface area contributed by atoms with Crippen LogP contribution in [0, 0.1) is 3.70 Å². The third-order valence-electron chi connectivity index (χ3n) is 7.39. The molecule has 3 saturated heterocycles. The molecule has 0 amide bonds. The standard InChI is InChI=1S/C23H27F2IN6O4/c1-22(33)10-31(6-7-34-11-22)19-14-15-16(18(26)29-30(15)2)36-20(14)28-21(27-19)35-12-23-4-3-5-32(23)9-13(8-23)17(24)25/h33H,3-12H2,1-2H3/t22-,23-/m0/s1. The maximum absolute atomic E-state index is 13.4. The van der Waals surface area contributed by atoms with Crippen molar-refractivity contribution in [3.63, 3.8) is 0 Å². The van der Waals surface area contributed by atoms with Crippen LogP contribution >= 0.6 is 22.6 Å². The van der Waals surface area contributed by atoms with Gasteiger partial charge in [-0.3, -0.25) is 9.58 Å². The summed E-state index contributed by atoms with van der Waals surface area (Å²) >= 11 is 2.12. The van der Waals surface area contributed by atoms with Gasteiger partial charge < -0.3 is 23.9 Å². The molecule has 3 fully saturated rings. The van der Waals surface area contributed by atoms with Crippen molar-refractivity contribution in [2.24, 2.45) is 7.05 Å². The van der Waals surface area contributed by atoms with Crippen LogP contribution in [0.2, 0.25) is 0 Å². The van der Waals surface area contributed by atoms with Crippen LogP contribution in [0.4, 0.5) is 14.6 Å². The monoisotopic (exact) mass is 616 g/mol. The van der Waals surface area contributed by atoms with E-state index in [4.69, 9.17) is 18.9 Å². The third-order valence-corrected chi connectivity index (χ3v) is 8.09. The smallest absolute Gasteiger partial charge is 0.321 e. The molecule has 0 radical (unpaired) electrons. The van der Waals surface area contributed by atoms with Gasteiger partial charge in [-0.05, 0) is 55.3 Å². The van der Waals surface area contributed by atoms with Crippen LogP contribution in [0.25, 0.3) is 22.2 Å². The molecule has 0 bridgehead atoms. The minimum absolute atomic E-state index is 0.115. The molecule has 0 saturated carbocycles. The second-order valence-corrected chi connectivity index (χ2v) is 11.3. The summed E-state index contributed by atoms with van der Waals surface area (Å²) in [6.45, 7) is 4.40. The van der Waals surface area contributed by atoms with Gasteiger partial charge in [0.25, 0.3) is 6.08 Å². The first-order valence-corrected chi connectivity index (χ1v) is 13.0. The van der Waals surface area contributed by atoms with Crippen molar-refractivity contribution in [2.75, 3.05) is 50.9 Å². The van der Waals surface area contributed by atoms with Crippen molar-refractivity contribution in [3.8, 4) is 6.01 Å². The van der Waals surface area contributed by atoms with Crippen molar-refractivity contribution in [1.82, 2.24) is 24.6 Å². The van der Waals surface area contributed by atoms with Crippen LogP contribution in [0.3, 0.4) is 0 Å². The van der Waals surface area contributed by atoms with Gasteiger partial charge in [-0.25, -0.2) is 0 Å². The molecule has 3 aromatic rings. The van der Waals surface area contributed by atoms with Gasteiger partial charge in [0.05, 0.1) is 25.3 Å². The summed E-state index contributed by atoms with van der Waals surface area (Å²) in [6.07, 6.45) is 0.406. The zero-order chi connectivity index (χ0) is 25.2. The molecule has 2 atom stereocenters. The Morgan fingerprint density at radius 3 is 2.92 bits per heavy atom. The zero-order valence-electron chi connectivity index (χ0n) is 20.1. The maximum atomic E-state index is 13.4. The second-order valence-electron chi connectivity index (χ2n) is 10.3. The molecule has 6 rings (SSSR count). The number of furan rings is 1. The number of β-amino-alcohol motifs (C(OH)–C–C–N with tert-alkyl or cyclic N) is 1. The summed E-state index contributed by atoms with van der Waals surface area (Å²) in [5.74, 6) is 0.557. The van der Waals surface area contributed by atoms with E-state index in [1.807, 2.05) is 11.9 Å². The van der Waals surface area contributed by atoms with Crippen molar-refractivity contribution < 1.29 is 27.8 Å². The molecule has 13 heteroatoms. The number of hydrogen-bond donors (Lipinski definition) is 1. The lowest BCUT2D eigenvalue weighted by Crippen LogP contribution is -2.43. The summed E-state index contributed by atoms with van der Waals surface area (Å²) < 4.78 is 47.0. The van der Waals surface area contributed by atoms with Gasteiger partial charge in [-0.15, -0.1) is 0 Å². The van der Waals surface area contributed by atoms with Crippen molar-refractivity contribution in [3.05, 3.63) is 15.4 Å². The number of halogens is 3. The normalized spacial score (nSPS) is 27.3. The Bertz CT molecular complexity index is 1370. The summed E-state index contributed by atoms with van der Waals surface area (Å²) in [4.78, 5) is 13.4. The number of aromatic nitrogens is 4. The zero-order valence-corrected chi connectivity index (χ0v) is 22.2. The summed E-state index contributed by atoms with van der Waals surface area (Å²) in [6, 6.07) is 0.115. The highest BCUT2D eigenvalue weighted by molar-refractivity contribution is 14.1. The Kier molecular flexibility index (Phi) is 5.89. The van der Waals surface area contributed by atoms with Gasteiger partial charge in [-0.2, -0.15) is 23.8 Å². The third kappa shape index (κ3) is 4.03. The summed E-state index contributed by atoms with van der Waals surface area (Å²) in [7, 11) is 1.83. The van der Waals surface area contributed by atoms with Crippen LogP contribution in [-0.2, 0) is 11.8 Å². The van der Waals surface area contributed by atoms with Crippen molar-refractivity contribution in [2.45, 2.75) is 37.3 Å². The fourth-order valence-electron chi connectivity index (χ4n) is 5.77. The van der Waals surface area contributed by atoms with E-state index in [1.165, 1.54) is 0 Å². The number of anilines is 1. The van der Waals surface area contributed by atoms with Gasteiger partial charge >= 0.3 is 6.01 Å². The average Bonchev–Trinajstić information content (AvgIpc) is 3.51. The van der Waals surface area contributed by atoms with E-state index in [0.29, 0.717) is 45.9 Å². The number of rotatable bonds is 4. The SMILES string of the molecule is Cn1nc(I)c2oc3nc(OC[C@@]45CCCN4CC(=C(F)F)C5)nc(N4CCOC[C@@](C)(O)C4)c3c21.